The predicted octanol–water partition coefficient (Wildman–Crippen LogP) is 1.15. The van der Waals surface area contributed by atoms with Crippen LogP contribution in [0.5, 0.6) is 0 Å². The van der Waals surface area contributed by atoms with Crippen LogP contribution in [-0.4, -0.2) is 21.0 Å². The third-order valence-corrected chi connectivity index (χ3v) is 3.96. The SMILES string of the molecule is Cc1cccc(F)c1S(=O)(=O)NCCC(C)N. The smallest absolute Gasteiger partial charge is 0.243 e. The molecule has 0 aliphatic rings. The fourth-order valence-corrected chi connectivity index (χ4v) is 2.80. The molecular weight excluding hydrogens is 243 g/mol. The molecule has 0 saturated heterocycles. The van der Waals surface area contributed by atoms with Gasteiger partial charge in [0, 0.05) is 12.6 Å². The van der Waals surface area contributed by atoms with E-state index in [1.165, 1.54) is 6.07 Å². The summed E-state index contributed by atoms with van der Waals surface area (Å²) in [6.45, 7) is 3.54. The van der Waals surface area contributed by atoms with Crippen molar-refractivity contribution in [3.63, 3.8) is 0 Å². The summed E-state index contributed by atoms with van der Waals surface area (Å²) in [5, 5.41) is 0. The molecular formula is C11H17FN2O2S. The lowest BCUT2D eigenvalue weighted by atomic mass is 10.2. The van der Waals surface area contributed by atoms with Crippen molar-refractivity contribution < 1.29 is 12.8 Å². The lowest BCUT2D eigenvalue weighted by molar-refractivity contribution is 0.549. The highest BCUT2D eigenvalue weighted by atomic mass is 32.2. The van der Waals surface area contributed by atoms with Crippen molar-refractivity contribution in [1.82, 2.24) is 4.72 Å². The number of nitrogens with two attached hydrogens (primary N) is 1. The molecule has 0 aliphatic carbocycles. The Balaban J connectivity index is 2.90. The van der Waals surface area contributed by atoms with E-state index in [0.29, 0.717) is 12.0 Å². The Hall–Kier alpha value is -0.980. The zero-order valence-corrected chi connectivity index (χ0v) is 10.7. The highest BCUT2D eigenvalue weighted by molar-refractivity contribution is 7.89. The number of halogens is 1. The molecule has 17 heavy (non-hydrogen) atoms. The monoisotopic (exact) mass is 260 g/mol. The van der Waals surface area contributed by atoms with Crippen LogP contribution in [-0.2, 0) is 10.0 Å². The zero-order valence-electron chi connectivity index (χ0n) is 9.90. The molecule has 1 atom stereocenters. The summed E-state index contributed by atoms with van der Waals surface area (Å²) in [5.74, 6) is -0.738. The summed E-state index contributed by atoms with van der Waals surface area (Å²) in [5.41, 5.74) is 5.90. The topological polar surface area (TPSA) is 72.2 Å². The van der Waals surface area contributed by atoms with Crippen molar-refractivity contribution in [1.29, 1.82) is 0 Å². The molecule has 0 amide bonds. The molecule has 1 unspecified atom stereocenters. The van der Waals surface area contributed by atoms with Gasteiger partial charge in [-0.25, -0.2) is 17.5 Å². The van der Waals surface area contributed by atoms with Crippen molar-refractivity contribution in [3.05, 3.63) is 29.6 Å². The first-order chi connectivity index (χ1) is 7.84. The lowest BCUT2D eigenvalue weighted by Gasteiger charge is -2.11. The van der Waals surface area contributed by atoms with E-state index >= 15 is 0 Å². The van der Waals surface area contributed by atoms with Crippen LogP contribution >= 0.6 is 0 Å². The van der Waals surface area contributed by atoms with Gasteiger partial charge in [0.2, 0.25) is 10.0 Å². The average molecular weight is 260 g/mol. The van der Waals surface area contributed by atoms with Crippen LogP contribution in [0.3, 0.4) is 0 Å². The second-order valence-electron chi connectivity index (χ2n) is 4.05. The first-order valence-corrected chi connectivity index (χ1v) is 6.83. The Morgan fingerprint density at radius 1 is 1.47 bits per heavy atom. The van der Waals surface area contributed by atoms with Crippen LogP contribution in [0.25, 0.3) is 0 Å². The van der Waals surface area contributed by atoms with Crippen molar-refractivity contribution in [2.24, 2.45) is 5.73 Å². The normalized spacial score (nSPS) is 13.6. The molecule has 0 aliphatic heterocycles. The van der Waals surface area contributed by atoms with Crippen LogP contribution in [0.1, 0.15) is 18.9 Å². The van der Waals surface area contributed by atoms with Crippen LogP contribution in [0.4, 0.5) is 4.39 Å². The van der Waals surface area contributed by atoms with Crippen LogP contribution < -0.4 is 10.5 Å². The van der Waals surface area contributed by atoms with E-state index in [-0.39, 0.29) is 17.5 Å². The summed E-state index contributed by atoms with van der Waals surface area (Å²) >= 11 is 0. The van der Waals surface area contributed by atoms with Crippen molar-refractivity contribution in [3.8, 4) is 0 Å². The molecule has 6 heteroatoms. The maximum absolute atomic E-state index is 13.5. The minimum atomic E-state index is -3.80. The van der Waals surface area contributed by atoms with Gasteiger partial charge in [0.15, 0.2) is 0 Å². The van der Waals surface area contributed by atoms with E-state index in [4.69, 9.17) is 5.73 Å². The molecule has 0 radical (unpaired) electrons. The number of rotatable bonds is 5. The summed E-state index contributed by atoms with van der Waals surface area (Å²) in [4.78, 5) is -0.287. The van der Waals surface area contributed by atoms with Crippen LogP contribution in [0, 0.1) is 12.7 Å². The highest BCUT2D eigenvalue weighted by Gasteiger charge is 2.20. The van der Waals surface area contributed by atoms with Crippen molar-refractivity contribution >= 4 is 10.0 Å². The van der Waals surface area contributed by atoms with E-state index in [1.54, 1.807) is 19.9 Å². The number of benzene rings is 1. The lowest BCUT2D eigenvalue weighted by Crippen LogP contribution is -2.30. The predicted molar refractivity (Wildman–Crippen MR) is 64.6 cm³/mol. The third-order valence-electron chi connectivity index (χ3n) is 2.32. The standard InChI is InChI=1S/C11H17FN2O2S/c1-8-4-3-5-10(12)11(8)17(15,16)14-7-6-9(2)13/h3-5,9,14H,6-7,13H2,1-2H3. The Morgan fingerprint density at radius 2 is 2.12 bits per heavy atom. The molecule has 0 spiro atoms. The summed E-state index contributed by atoms with van der Waals surface area (Å²) in [6, 6.07) is 4.07. The van der Waals surface area contributed by atoms with Gasteiger partial charge in [-0.1, -0.05) is 12.1 Å². The largest absolute Gasteiger partial charge is 0.328 e. The fraction of sp³-hybridized carbons (Fsp3) is 0.455. The average Bonchev–Trinajstić information content (AvgIpc) is 2.15. The first-order valence-electron chi connectivity index (χ1n) is 5.35. The Bertz CT molecular complexity index is 466. The molecule has 4 nitrogen and oxygen atoms in total. The van der Waals surface area contributed by atoms with Gasteiger partial charge in [-0.05, 0) is 31.9 Å². The van der Waals surface area contributed by atoms with E-state index in [2.05, 4.69) is 4.72 Å². The Morgan fingerprint density at radius 3 is 2.65 bits per heavy atom. The molecule has 1 rings (SSSR count). The van der Waals surface area contributed by atoms with Gasteiger partial charge < -0.3 is 5.73 Å². The Kier molecular flexibility index (Phi) is 4.62. The highest BCUT2D eigenvalue weighted by Crippen LogP contribution is 2.18. The molecule has 0 aromatic heterocycles. The van der Waals surface area contributed by atoms with Gasteiger partial charge >= 0.3 is 0 Å². The number of nitrogens with one attached hydrogen (secondary N) is 1. The number of hydrogen-bond donors (Lipinski definition) is 2. The molecule has 1 aromatic carbocycles. The van der Waals surface area contributed by atoms with E-state index in [1.807, 2.05) is 0 Å². The molecule has 0 saturated carbocycles. The molecule has 1 aromatic rings. The summed E-state index contributed by atoms with van der Waals surface area (Å²) in [7, 11) is -3.80. The van der Waals surface area contributed by atoms with Gasteiger partial charge in [-0.2, -0.15) is 0 Å². The van der Waals surface area contributed by atoms with Gasteiger partial charge in [0.25, 0.3) is 0 Å². The van der Waals surface area contributed by atoms with Crippen LogP contribution in [0.15, 0.2) is 23.1 Å². The number of hydrogen-bond acceptors (Lipinski definition) is 3. The maximum Gasteiger partial charge on any atom is 0.243 e. The van der Waals surface area contributed by atoms with Gasteiger partial charge in [0.1, 0.15) is 10.7 Å². The molecule has 0 heterocycles. The van der Waals surface area contributed by atoms with E-state index in [9.17, 15) is 12.8 Å². The fourth-order valence-electron chi connectivity index (χ4n) is 1.45. The van der Waals surface area contributed by atoms with Crippen molar-refractivity contribution in [2.75, 3.05) is 6.54 Å². The van der Waals surface area contributed by atoms with Crippen molar-refractivity contribution in [2.45, 2.75) is 31.2 Å². The Labute approximate surface area is 101 Å². The third kappa shape index (κ3) is 3.76. The van der Waals surface area contributed by atoms with E-state index < -0.39 is 15.8 Å². The van der Waals surface area contributed by atoms with Gasteiger partial charge in [-0.3, -0.25) is 0 Å². The first kappa shape index (κ1) is 14.1. The second kappa shape index (κ2) is 5.57. The summed E-state index contributed by atoms with van der Waals surface area (Å²) in [6.07, 6.45) is 0.507. The van der Waals surface area contributed by atoms with Gasteiger partial charge in [0.05, 0.1) is 0 Å². The van der Waals surface area contributed by atoms with E-state index in [0.717, 1.165) is 6.07 Å². The van der Waals surface area contributed by atoms with Gasteiger partial charge in [-0.15, -0.1) is 0 Å². The number of sulfonamides is 1. The molecule has 96 valence electrons. The minimum Gasteiger partial charge on any atom is -0.328 e. The quantitative estimate of drug-likeness (QED) is 0.834. The number of aryl methyl sites for hydroxylation is 1. The molecule has 0 fully saturated rings. The maximum atomic E-state index is 13.5. The minimum absolute atomic E-state index is 0.0978. The second-order valence-corrected chi connectivity index (χ2v) is 5.75. The summed E-state index contributed by atoms with van der Waals surface area (Å²) < 4.78 is 39.6. The molecule has 3 N–H and O–H groups in total. The zero-order chi connectivity index (χ0) is 13.1. The molecule has 0 bridgehead atoms. The van der Waals surface area contributed by atoms with Crippen LogP contribution in [0.2, 0.25) is 0 Å².